The number of carbonyl (C=O) groups excluding carboxylic acids is 1. The zero-order valence-electron chi connectivity index (χ0n) is 14.1. The Hall–Kier alpha value is -2.27. The minimum Gasteiger partial charge on any atom is -0.352 e. The van der Waals surface area contributed by atoms with Crippen molar-refractivity contribution in [3.63, 3.8) is 0 Å². The predicted octanol–water partition coefficient (Wildman–Crippen LogP) is 2.43. The number of nitrogens with one attached hydrogen (secondary N) is 1. The highest BCUT2D eigenvalue weighted by molar-refractivity contribution is 5.95. The Kier molecular flexibility index (Phi) is 5.54. The molecule has 1 saturated heterocycles. The molecule has 1 fully saturated rings. The standard InChI is InChI=1S/C19H24N4O/c1-15-11-20-9-7-18(15)19(24)22-12-16-5-4-10-23(13-16)14-17-6-2-3-8-21-17/h2-3,6-9,11,16H,4-5,10,12-14H2,1H3,(H,22,24)/t16-/m0/s1. The van der Waals surface area contributed by atoms with Gasteiger partial charge in [-0.1, -0.05) is 6.07 Å². The van der Waals surface area contributed by atoms with E-state index in [0.29, 0.717) is 11.5 Å². The molecule has 1 amide bonds. The average molecular weight is 324 g/mol. The van der Waals surface area contributed by atoms with Crippen LogP contribution >= 0.6 is 0 Å². The number of carbonyl (C=O) groups is 1. The van der Waals surface area contributed by atoms with E-state index in [1.165, 1.54) is 6.42 Å². The van der Waals surface area contributed by atoms with Crippen molar-refractivity contribution in [1.29, 1.82) is 0 Å². The minimum atomic E-state index is -0.00301. The van der Waals surface area contributed by atoms with Crippen molar-refractivity contribution >= 4 is 5.91 Å². The molecule has 2 aromatic heterocycles. The SMILES string of the molecule is Cc1cnccc1C(=O)NC[C@@H]1CCCN(Cc2ccccn2)C1. The second-order valence-electron chi connectivity index (χ2n) is 6.47. The van der Waals surface area contributed by atoms with Gasteiger partial charge in [-0.25, -0.2) is 0 Å². The Balaban J connectivity index is 1.50. The van der Waals surface area contributed by atoms with Gasteiger partial charge in [0, 0.05) is 43.8 Å². The first-order valence-electron chi connectivity index (χ1n) is 8.53. The van der Waals surface area contributed by atoms with E-state index >= 15 is 0 Å². The first-order valence-corrected chi connectivity index (χ1v) is 8.53. The Bertz CT molecular complexity index is 674. The third kappa shape index (κ3) is 4.38. The fourth-order valence-electron chi connectivity index (χ4n) is 3.24. The summed E-state index contributed by atoms with van der Waals surface area (Å²) < 4.78 is 0. The molecule has 0 bridgehead atoms. The summed E-state index contributed by atoms with van der Waals surface area (Å²) in [5.41, 5.74) is 2.73. The van der Waals surface area contributed by atoms with Crippen LogP contribution in [0, 0.1) is 12.8 Å². The lowest BCUT2D eigenvalue weighted by molar-refractivity contribution is 0.0929. The second kappa shape index (κ2) is 8.02. The number of likely N-dealkylation sites (tertiary alicyclic amines) is 1. The van der Waals surface area contributed by atoms with E-state index in [0.717, 1.165) is 43.9 Å². The molecule has 24 heavy (non-hydrogen) atoms. The molecular weight excluding hydrogens is 300 g/mol. The largest absolute Gasteiger partial charge is 0.352 e. The zero-order valence-corrected chi connectivity index (χ0v) is 14.1. The van der Waals surface area contributed by atoms with Crippen molar-refractivity contribution in [2.75, 3.05) is 19.6 Å². The second-order valence-corrected chi connectivity index (χ2v) is 6.47. The van der Waals surface area contributed by atoms with Gasteiger partial charge in [0.2, 0.25) is 0 Å². The fourth-order valence-corrected chi connectivity index (χ4v) is 3.24. The summed E-state index contributed by atoms with van der Waals surface area (Å²) in [5, 5.41) is 3.08. The summed E-state index contributed by atoms with van der Waals surface area (Å²) in [4.78, 5) is 23.2. The van der Waals surface area contributed by atoms with Gasteiger partial charge in [-0.2, -0.15) is 0 Å². The molecule has 3 rings (SSSR count). The van der Waals surface area contributed by atoms with Gasteiger partial charge in [0.1, 0.15) is 0 Å². The lowest BCUT2D eigenvalue weighted by Gasteiger charge is -2.32. The van der Waals surface area contributed by atoms with Crippen LogP contribution in [0.2, 0.25) is 0 Å². The van der Waals surface area contributed by atoms with Crippen LogP contribution < -0.4 is 5.32 Å². The third-order valence-electron chi connectivity index (χ3n) is 4.53. The molecule has 0 saturated carbocycles. The molecule has 0 aromatic carbocycles. The van der Waals surface area contributed by atoms with Gasteiger partial charge in [0.15, 0.2) is 0 Å². The Morgan fingerprint density at radius 2 is 2.25 bits per heavy atom. The number of pyridine rings is 2. The van der Waals surface area contributed by atoms with Crippen molar-refractivity contribution in [3.8, 4) is 0 Å². The smallest absolute Gasteiger partial charge is 0.251 e. The molecular formula is C19H24N4O. The summed E-state index contributed by atoms with van der Waals surface area (Å²) in [6.07, 6.45) is 7.56. The van der Waals surface area contributed by atoms with Crippen LogP contribution in [0.1, 0.15) is 34.5 Å². The number of hydrogen-bond acceptors (Lipinski definition) is 4. The zero-order chi connectivity index (χ0) is 16.8. The van der Waals surface area contributed by atoms with Gasteiger partial charge in [0.05, 0.1) is 5.69 Å². The van der Waals surface area contributed by atoms with Crippen LogP contribution in [0.4, 0.5) is 0 Å². The third-order valence-corrected chi connectivity index (χ3v) is 4.53. The van der Waals surface area contributed by atoms with Gasteiger partial charge in [-0.15, -0.1) is 0 Å². The number of aryl methyl sites for hydroxylation is 1. The van der Waals surface area contributed by atoms with Crippen LogP contribution in [-0.2, 0) is 6.54 Å². The summed E-state index contributed by atoms with van der Waals surface area (Å²) in [6.45, 7) is 5.63. The van der Waals surface area contributed by atoms with Crippen LogP contribution in [0.3, 0.4) is 0 Å². The Labute approximate surface area is 143 Å². The molecule has 0 radical (unpaired) electrons. The molecule has 5 heteroatoms. The van der Waals surface area contributed by atoms with Crippen molar-refractivity contribution in [3.05, 3.63) is 59.7 Å². The summed E-state index contributed by atoms with van der Waals surface area (Å²) in [6, 6.07) is 7.82. The van der Waals surface area contributed by atoms with Gasteiger partial charge in [-0.3, -0.25) is 19.7 Å². The minimum absolute atomic E-state index is 0.00301. The van der Waals surface area contributed by atoms with E-state index in [1.807, 2.05) is 25.3 Å². The van der Waals surface area contributed by atoms with Crippen LogP contribution in [0.15, 0.2) is 42.9 Å². The maximum absolute atomic E-state index is 12.3. The average Bonchev–Trinajstić information content (AvgIpc) is 2.61. The van der Waals surface area contributed by atoms with Gasteiger partial charge >= 0.3 is 0 Å². The van der Waals surface area contributed by atoms with Gasteiger partial charge in [0.25, 0.3) is 5.91 Å². The van der Waals surface area contributed by atoms with E-state index < -0.39 is 0 Å². The highest BCUT2D eigenvalue weighted by Crippen LogP contribution is 2.17. The van der Waals surface area contributed by atoms with E-state index in [-0.39, 0.29) is 5.91 Å². The van der Waals surface area contributed by atoms with Crippen molar-refractivity contribution in [2.45, 2.75) is 26.3 Å². The Morgan fingerprint density at radius 3 is 3.04 bits per heavy atom. The number of aromatic nitrogens is 2. The number of rotatable bonds is 5. The van der Waals surface area contributed by atoms with E-state index in [4.69, 9.17) is 0 Å². The van der Waals surface area contributed by atoms with Crippen LogP contribution in [-0.4, -0.2) is 40.4 Å². The van der Waals surface area contributed by atoms with Crippen LogP contribution in [0.5, 0.6) is 0 Å². The van der Waals surface area contributed by atoms with Crippen molar-refractivity contribution < 1.29 is 4.79 Å². The number of piperidine rings is 1. The molecule has 1 aliphatic heterocycles. The number of amides is 1. The molecule has 0 spiro atoms. The first kappa shape index (κ1) is 16.6. The lowest BCUT2D eigenvalue weighted by Crippen LogP contribution is -2.40. The van der Waals surface area contributed by atoms with E-state index in [9.17, 15) is 4.79 Å². The lowest BCUT2D eigenvalue weighted by atomic mass is 9.97. The molecule has 1 N–H and O–H groups in total. The quantitative estimate of drug-likeness (QED) is 0.918. The summed E-state index contributed by atoms with van der Waals surface area (Å²) >= 11 is 0. The first-order chi connectivity index (χ1) is 11.7. The van der Waals surface area contributed by atoms with Crippen LogP contribution in [0.25, 0.3) is 0 Å². The van der Waals surface area contributed by atoms with E-state index in [2.05, 4.69) is 26.3 Å². The topological polar surface area (TPSA) is 58.1 Å². The highest BCUT2D eigenvalue weighted by atomic mass is 16.1. The van der Waals surface area contributed by atoms with Crippen molar-refractivity contribution in [2.24, 2.45) is 5.92 Å². The highest BCUT2D eigenvalue weighted by Gasteiger charge is 2.21. The summed E-state index contributed by atoms with van der Waals surface area (Å²) in [7, 11) is 0. The fraction of sp³-hybridized carbons (Fsp3) is 0.421. The molecule has 3 heterocycles. The monoisotopic (exact) mass is 324 g/mol. The van der Waals surface area contributed by atoms with Gasteiger partial charge in [-0.05, 0) is 56.0 Å². The molecule has 1 aliphatic rings. The molecule has 126 valence electrons. The normalized spacial score (nSPS) is 18.3. The maximum Gasteiger partial charge on any atom is 0.251 e. The molecule has 0 unspecified atom stereocenters. The molecule has 2 aromatic rings. The van der Waals surface area contributed by atoms with Gasteiger partial charge < -0.3 is 5.32 Å². The number of hydrogen-bond donors (Lipinski definition) is 1. The predicted molar refractivity (Wildman–Crippen MR) is 93.5 cm³/mol. The van der Waals surface area contributed by atoms with Crippen molar-refractivity contribution in [1.82, 2.24) is 20.2 Å². The Morgan fingerprint density at radius 1 is 1.33 bits per heavy atom. The summed E-state index contributed by atoms with van der Waals surface area (Å²) in [5.74, 6) is 0.491. The molecule has 5 nitrogen and oxygen atoms in total. The molecule has 1 atom stereocenters. The van der Waals surface area contributed by atoms with E-state index in [1.54, 1.807) is 18.5 Å². The maximum atomic E-state index is 12.3. The molecule has 0 aliphatic carbocycles. The number of nitrogens with zero attached hydrogens (tertiary/aromatic N) is 3.